The molecule has 2 N–H and O–H groups in total. The normalized spacial score (nSPS) is 24.6. The van der Waals surface area contributed by atoms with E-state index in [-0.39, 0.29) is 12.8 Å². The summed E-state index contributed by atoms with van der Waals surface area (Å²) >= 11 is 0. The van der Waals surface area contributed by atoms with Crippen LogP contribution in [-0.2, 0) is 19.1 Å². The number of carbonyl (C=O) groups is 2. The first-order valence-electron chi connectivity index (χ1n) is 4.98. The summed E-state index contributed by atoms with van der Waals surface area (Å²) in [5.74, 6) is -1.59. The number of carbonyl (C=O) groups excluding carboxylic acids is 2. The largest absolute Gasteiger partial charge is 0.463 e. The molecule has 0 radical (unpaired) electrons. The number of rotatable bonds is 4. The maximum Gasteiger partial charge on any atom is 0.392 e. The Bertz CT molecular complexity index is 305. The van der Waals surface area contributed by atoms with Crippen molar-refractivity contribution in [1.82, 2.24) is 0 Å². The van der Waals surface area contributed by atoms with E-state index in [2.05, 4.69) is 4.74 Å². The van der Waals surface area contributed by atoms with Gasteiger partial charge < -0.3 is 15.2 Å². The third-order valence-electron chi connectivity index (χ3n) is 2.23. The highest BCUT2D eigenvalue weighted by atomic mass is 19.4. The predicted octanol–water partition coefficient (Wildman–Crippen LogP) is 0.515. The third-order valence-corrected chi connectivity index (χ3v) is 2.23. The standard InChI is InChI=1S/C9H12F3NO4/c10-9(11,12)3-4-16-8(15)6-2-1-5(17-6)7(13)14/h5-6H,1-4H2,(H2,13,14). The Balaban J connectivity index is 2.28. The van der Waals surface area contributed by atoms with Crippen molar-refractivity contribution in [3.63, 3.8) is 0 Å². The van der Waals surface area contributed by atoms with E-state index >= 15 is 0 Å². The Morgan fingerprint density at radius 3 is 2.35 bits per heavy atom. The lowest BCUT2D eigenvalue weighted by Crippen LogP contribution is -2.31. The molecule has 8 heteroatoms. The van der Waals surface area contributed by atoms with Crippen LogP contribution in [-0.4, -0.2) is 36.9 Å². The van der Waals surface area contributed by atoms with Gasteiger partial charge in [-0.2, -0.15) is 13.2 Å². The molecule has 1 rings (SSSR count). The average molecular weight is 255 g/mol. The monoisotopic (exact) mass is 255 g/mol. The first kappa shape index (κ1) is 13.8. The van der Waals surface area contributed by atoms with E-state index in [1.165, 1.54) is 0 Å². The van der Waals surface area contributed by atoms with Gasteiger partial charge in [-0.1, -0.05) is 0 Å². The number of ether oxygens (including phenoxy) is 2. The Morgan fingerprint density at radius 1 is 1.29 bits per heavy atom. The van der Waals surface area contributed by atoms with E-state index in [9.17, 15) is 22.8 Å². The number of nitrogens with two attached hydrogens (primary N) is 1. The lowest BCUT2D eigenvalue weighted by atomic mass is 10.2. The molecule has 0 aromatic rings. The zero-order chi connectivity index (χ0) is 13.1. The summed E-state index contributed by atoms with van der Waals surface area (Å²) in [6.07, 6.45) is -6.94. The van der Waals surface area contributed by atoms with Gasteiger partial charge in [-0.15, -0.1) is 0 Å². The first-order chi connectivity index (χ1) is 7.79. The van der Waals surface area contributed by atoms with Crippen LogP contribution in [0.4, 0.5) is 13.2 Å². The van der Waals surface area contributed by atoms with Crippen LogP contribution in [0.25, 0.3) is 0 Å². The van der Waals surface area contributed by atoms with Crippen LogP contribution in [0.1, 0.15) is 19.3 Å². The Hall–Kier alpha value is -1.31. The second kappa shape index (κ2) is 5.35. The summed E-state index contributed by atoms with van der Waals surface area (Å²) < 4.78 is 44.6. The van der Waals surface area contributed by atoms with Crippen molar-refractivity contribution in [2.75, 3.05) is 6.61 Å². The average Bonchev–Trinajstić information content (AvgIpc) is 2.63. The van der Waals surface area contributed by atoms with Gasteiger partial charge in [0.25, 0.3) is 0 Å². The van der Waals surface area contributed by atoms with Crippen LogP contribution < -0.4 is 5.73 Å². The van der Waals surface area contributed by atoms with E-state index < -0.39 is 43.3 Å². The van der Waals surface area contributed by atoms with Crippen molar-refractivity contribution in [2.24, 2.45) is 5.73 Å². The van der Waals surface area contributed by atoms with Gasteiger partial charge in [0.1, 0.15) is 12.7 Å². The molecular formula is C9H12F3NO4. The summed E-state index contributed by atoms with van der Waals surface area (Å²) in [7, 11) is 0. The fourth-order valence-corrected chi connectivity index (χ4v) is 1.38. The van der Waals surface area contributed by atoms with Gasteiger partial charge in [0, 0.05) is 0 Å². The molecule has 1 aliphatic heterocycles. The smallest absolute Gasteiger partial charge is 0.392 e. The molecule has 0 spiro atoms. The maximum absolute atomic E-state index is 11.8. The molecule has 0 aromatic carbocycles. The second-order valence-electron chi connectivity index (χ2n) is 3.63. The Morgan fingerprint density at radius 2 is 1.88 bits per heavy atom. The van der Waals surface area contributed by atoms with E-state index in [1.807, 2.05) is 0 Å². The van der Waals surface area contributed by atoms with Gasteiger partial charge in [0.15, 0.2) is 6.10 Å². The van der Waals surface area contributed by atoms with E-state index in [0.717, 1.165) is 0 Å². The molecule has 1 heterocycles. The van der Waals surface area contributed by atoms with Gasteiger partial charge in [-0.05, 0) is 12.8 Å². The van der Waals surface area contributed by atoms with Crippen LogP contribution in [0.5, 0.6) is 0 Å². The fourth-order valence-electron chi connectivity index (χ4n) is 1.38. The molecule has 5 nitrogen and oxygen atoms in total. The van der Waals surface area contributed by atoms with E-state index in [1.54, 1.807) is 0 Å². The number of halogens is 3. The Labute approximate surface area is 95.0 Å². The van der Waals surface area contributed by atoms with Gasteiger partial charge in [0.05, 0.1) is 6.42 Å². The highest BCUT2D eigenvalue weighted by molar-refractivity contribution is 5.81. The van der Waals surface area contributed by atoms with Crippen molar-refractivity contribution in [1.29, 1.82) is 0 Å². The Kier molecular flexibility index (Phi) is 4.33. The zero-order valence-electron chi connectivity index (χ0n) is 8.83. The van der Waals surface area contributed by atoms with Crippen LogP contribution in [0.2, 0.25) is 0 Å². The topological polar surface area (TPSA) is 78.6 Å². The molecule has 1 saturated heterocycles. The molecule has 2 unspecified atom stereocenters. The summed E-state index contributed by atoms with van der Waals surface area (Å²) in [4.78, 5) is 21.9. The number of alkyl halides is 3. The molecule has 0 aliphatic carbocycles. The van der Waals surface area contributed by atoms with Gasteiger partial charge >= 0.3 is 12.1 Å². The van der Waals surface area contributed by atoms with E-state index in [4.69, 9.17) is 10.5 Å². The third kappa shape index (κ3) is 4.59. The van der Waals surface area contributed by atoms with Gasteiger partial charge in [-0.25, -0.2) is 4.79 Å². The SMILES string of the molecule is NC(=O)C1CCC(C(=O)OCCC(F)(F)F)O1. The molecule has 0 saturated carbocycles. The molecular weight excluding hydrogens is 243 g/mol. The number of hydrogen-bond acceptors (Lipinski definition) is 4. The van der Waals surface area contributed by atoms with Crippen LogP contribution in [0, 0.1) is 0 Å². The lowest BCUT2D eigenvalue weighted by Gasteiger charge is -2.12. The number of amides is 1. The molecule has 2 atom stereocenters. The summed E-state index contributed by atoms with van der Waals surface area (Å²) in [6.45, 7) is -0.747. The summed E-state index contributed by atoms with van der Waals surface area (Å²) in [5, 5.41) is 0. The maximum atomic E-state index is 11.8. The van der Waals surface area contributed by atoms with Crippen molar-refractivity contribution in [3.8, 4) is 0 Å². The molecule has 1 aliphatic rings. The van der Waals surface area contributed by atoms with Crippen molar-refractivity contribution < 1.29 is 32.2 Å². The number of esters is 1. The summed E-state index contributed by atoms with van der Waals surface area (Å²) in [6, 6.07) is 0. The molecule has 17 heavy (non-hydrogen) atoms. The highest BCUT2D eigenvalue weighted by Gasteiger charge is 2.35. The second-order valence-corrected chi connectivity index (χ2v) is 3.63. The van der Waals surface area contributed by atoms with Crippen LogP contribution in [0.3, 0.4) is 0 Å². The minimum absolute atomic E-state index is 0.221. The van der Waals surface area contributed by atoms with Crippen molar-refractivity contribution in [2.45, 2.75) is 37.6 Å². The van der Waals surface area contributed by atoms with Crippen molar-refractivity contribution >= 4 is 11.9 Å². The van der Waals surface area contributed by atoms with Gasteiger partial charge in [0.2, 0.25) is 5.91 Å². The number of hydrogen-bond donors (Lipinski definition) is 1. The molecule has 1 fully saturated rings. The molecule has 1 amide bonds. The minimum Gasteiger partial charge on any atom is -0.463 e. The summed E-state index contributed by atoms with van der Waals surface area (Å²) in [5.41, 5.74) is 4.95. The van der Waals surface area contributed by atoms with E-state index in [0.29, 0.717) is 0 Å². The minimum atomic E-state index is -4.37. The van der Waals surface area contributed by atoms with Crippen molar-refractivity contribution in [3.05, 3.63) is 0 Å². The first-order valence-corrected chi connectivity index (χ1v) is 4.98. The highest BCUT2D eigenvalue weighted by Crippen LogP contribution is 2.22. The van der Waals surface area contributed by atoms with Crippen LogP contribution in [0.15, 0.2) is 0 Å². The quantitative estimate of drug-likeness (QED) is 0.742. The zero-order valence-corrected chi connectivity index (χ0v) is 8.83. The molecule has 0 bridgehead atoms. The van der Waals surface area contributed by atoms with Gasteiger partial charge in [-0.3, -0.25) is 4.79 Å². The molecule has 98 valence electrons. The lowest BCUT2D eigenvalue weighted by molar-refractivity contribution is -0.167. The van der Waals surface area contributed by atoms with Crippen LogP contribution >= 0.6 is 0 Å². The number of primary amides is 1. The molecule has 0 aromatic heterocycles. The fraction of sp³-hybridized carbons (Fsp3) is 0.778. The predicted molar refractivity (Wildman–Crippen MR) is 48.7 cm³/mol.